The minimum absolute atomic E-state index is 0.372. The van der Waals surface area contributed by atoms with Crippen molar-refractivity contribution in [1.29, 1.82) is 0 Å². The van der Waals surface area contributed by atoms with Gasteiger partial charge in [0.2, 0.25) is 10.0 Å². The summed E-state index contributed by atoms with van der Waals surface area (Å²) in [6, 6.07) is 9.55. The minimum atomic E-state index is -3.45. The second-order valence-electron chi connectivity index (χ2n) is 4.72. The fourth-order valence-electron chi connectivity index (χ4n) is 2.01. The van der Waals surface area contributed by atoms with E-state index in [4.69, 9.17) is 0 Å². The first-order valence-corrected chi connectivity index (χ1v) is 9.13. The molecule has 0 aliphatic rings. The average Bonchev–Trinajstić information content (AvgIpc) is 2.69. The van der Waals surface area contributed by atoms with Gasteiger partial charge in [-0.05, 0) is 41.4 Å². The van der Waals surface area contributed by atoms with Crippen LogP contribution in [0, 0.1) is 13.8 Å². The van der Waals surface area contributed by atoms with Crippen LogP contribution in [0.4, 0.5) is 0 Å². The van der Waals surface area contributed by atoms with Crippen molar-refractivity contribution in [1.82, 2.24) is 4.31 Å². The molecule has 1 aromatic carbocycles. The summed E-state index contributed by atoms with van der Waals surface area (Å²) in [6.07, 6.45) is 0. The first-order chi connectivity index (χ1) is 9.30. The summed E-state index contributed by atoms with van der Waals surface area (Å²) in [4.78, 5) is 1.18. The molecular weight excluding hydrogens is 358 g/mol. The van der Waals surface area contributed by atoms with Gasteiger partial charge in [0.25, 0.3) is 0 Å². The van der Waals surface area contributed by atoms with Gasteiger partial charge < -0.3 is 0 Å². The maximum Gasteiger partial charge on any atom is 0.244 e. The molecule has 0 unspecified atom stereocenters. The fraction of sp³-hybridized carbons (Fsp3) is 0.286. The minimum Gasteiger partial charge on any atom is -0.207 e. The molecule has 20 heavy (non-hydrogen) atoms. The van der Waals surface area contributed by atoms with E-state index in [9.17, 15) is 8.42 Å². The lowest BCUT2D eigenvalue weighted by atomic mass is 10.1. The van der Waals surface area contributed by atoms with E-state index in [1.165, 1.54) is 15.6 Å². The maximum absolute atomic E-state index is 12.6. The SMILES string of the molecule is Cc1cccc(CN(C)S(=O)(=O)c2cc(Br)sc2C)c1. The zero-order valence-electron chi connectivity index (χ0n) is 11.6. The van der Waals surface area contributed by atoms with Crippen LogP contribution in [0.25, 0.3) is 0 Å². The average molecular weight is 374 g/mol. The van der Waals surface area contributed by atoms with Crippen molar-refractivity contribution in [2.75, 3.05) is 7.05 Å². The van der Waals surface area contributed by atoms with Crippen LogP contribution in [0.5, 0.6) is 0 Å². The van der Waals surface area contributed by atoms with E-state index in [0.29, 0.717) is 11.4 Å². The molecule has 0 saturated heterocycles. The Labute approximate surface area is 132 Å². The summed E-state index contributed by atoms with van der Waals surface area (Å²) in [5.41, 5.74) is 2.12. The Balaban J connectivity index is 2.28. The molecule has 3 nitrogen and oxygen atoms in total. The molecule has 2 rings (SSSR count). The van der Waals surface area contributed by atoms with Gasteiger partial charge in [-0.25, -0.2) is 8.42 Å². The van der Waals surface area contributed by atoms with E-state index < -0.39 is 10.0 Å². The number of thiophene rings is 1. The van der Waals surface area contributed by atoms with Gasteiger partial charge in [0, 0.05) is 18.5 Å². The van der Waals surface area contributed by atoms with Crippen molar-refractivity contribution in [3.63, 3.8) is 0 Å². The van der Waals surface area contributed by atoms with Crippen molar-refractivity contribution in [3.8, 4) is 0 Å². The molecule has 0 saturated carbocycles. The third-order valence-corrected chi connectivity index (χ3v) is 6.63. The zero-order chi connectivity index (χ0) is 14.9. The summed E-state index contributed by atoms with van der Waals surface area (Å²) in [6.45, 7) is 4.19. The summed E-state index contributed by atoms with van der Waals surface area (Å²) < 4.78 is 27.4. The summed E-state index contributed by atoms with van der Waals surface area (Å²) in [5.74, 6) is 0. The van der Waals surface area contributed by atoms with Crippen molar-refractivity contribution in [3.05, 3.63) is 50.1 Å². The highest BCUT2D eigenvalue weighted by Gasteiger charge is 2.24. The number of hydrogen-bond donors (Lipinski definition) is 0. The number of nitrogens with zero attached hydrogens (tertiary/aromatic N) is 1. The third-order valence-electron chi connectivity index (χ3n) is 3.02. The Morgan fingerprint density at radius 3 is 2.50 bits per heavy atom. The molecule has 0 radical (unpaired) electrons. The molecular formula is C14H16BrNO2S2. The first kappa shape index (κ1) is 15.7. The molecule has 108 valence electrons. The van der Waals surface area contributed by atoms with Gasteiger partial charge in [0.1, 0.15) is 0 Å². The maximum atomic E-state index is 12.6. The van der Waals surface area contributed by atoms with Crippen LogP contribution in [0.2, 0.25) is 0 Å². The largest absolute Gasteiger partial charge is 0.244 e. The molecule has 1 heterocycles. The highest BCUT2D eigenvalue weighted by molar-refractivity contribution is 9.11. The number of hydrogen-bond acceptors (Lipinski definition) is 3. The summed E-state index contributed by atoms with van der Waals surface area (Å²) in [7, 11) is -1.83. The van der Waals surface area contributed by atoms with Gasteiger partial charge in [-0.15, -0.1) is 11.3 Å². The smallest absolute Gasteiger partial charge is 0.207 e. The Hall–Kier alpha value is -0.690. The molecule has 0 spiro atoms. The second kappa shape index (κ2) is 5.97. The van der Waals surface area contributed by atoms with Crippen molar-refractivity contribution in [2.45, 2.75) is 25.3 Å². The summed E-state index contributed by atoms with van der Waals surface area (Å²) in [5, 5.41) is 0. The van der Waals surface area contributed by atoms with Crippen molar-refractivity contribution in [2.24, 2.45) is 0 Å². The number of halogens is 1. The lowest BCUT2D eigenvalue weighted by Gasteiger charge is -2.17. The van der Waals surface area contributed by atoms with Crippen LogP contribution in [-0.2, 0) is 16.6 Å². The number of benzene rings is 1. The van der Waals surface area contributed by atoms with Crippen molar-refractivity contribution >= 4 is 37.3 Å². The Kier molecular flexibility index (Phi) is 4.69. The van der Waals surface area contributed by atoms with E-state index in [2.05, 4.69) is 15.9 Å². The van der Waals surface area contributed by atoms with Gasteiger partial charge in [0.05, 0.1) is 8.68 Å². The lowest BCUT2D eigenvalue weighted by Crippen LogP contribution is -2.26. The second-order valence-corrected chi connectivity index (χ2v) is 9.37. The zero-order valence-corrected chi connectivity index (χ0v) is 14.8. The van der Waals surface area contributed by atoms with E-state index in [1.807, 2.05) is 38.1 Å². The highest BCUT2D eigenvalue weighted by atomic mass is 79.9. The van der Waals surface area contributed by atoms with E-state index in [-0.39, 0.29) is 0 Å². The van der Waals surface area contributed by atoms with Crippen LogP contribution in [-0.4, -0.2) is 19.8 Å². The molecule has 6 heteroatoms. The highest BCUT2D eigenvalue weighted by Crippen LogP contribution is 2.31. The van der Waals surface area contributed by atoms with E-state index >= 15 is 0 Å². The lowest BCUT2D eigenvalue weighted by molar-refractivity contribution is 0.466. The fourth-order valence-corrected chi connectivity index (χ4v) is 5.55. The van der Waals surface area contributed by atoms with Gasteiger partial charge in [0.15, 0.2) is 0 Å². The Bertz CT molecular complexity index is 723. The standard InChI is InChI=1S/C14H16BrNO2S2/c1-10-5-4-6-12(7-10)9-16(3)20(17,18)13-8-14(15)19-11(13)2/h4-8H,9H2,1-3H3. The molecule has 0 amide bonds. The Morgan fingerprint density at radius 2 is 1.95 bits per heavy atom. The number of sulfonamides is 1. The summed E-state index contributed by atoms with van der Waals surface area (Å²) >= 11 is 4.77. The van der Waals surface area contributed by atoms with Crippen LogP contribution >= 0.6 is 27.3 Å². The number of rotatable bonds is 4. The predicted octanol–water partition coefficient (Wildman–Crippen LogP) is 3.95. The Morgan fingerprint density at radius 1 is 1.25 bits per heavy atom. The van der Waals surface area contributed by atoms with Gasteiger partial charge >= 0.3 is 0 Å². The third kappa shape index (κ3) is 3.31. The molecule has 1 aromatic heterocycles. The molecule has 0 atom stereocenters. The normalized spacial score (nSPS) is 12.1. The topological polar surface area (TPSA) is 37.4 Å². The molecule has 0 N–H and O–H groups in total. The van der Waals surface area contributed by atoms with Crippen LogP contribution < -0.4 is 0 Å². The predicted molar refractivity (Wildman–Crippen MR) is 86.6 cm³/mol. The van der Waals surface area contributed by atoms with Gasteiger partial charge in [-0.1, -0.05) is 29.8 Å². The van der Waals surface area contributed by atoms with Crippen LogP contribution in [0.3, 0.4) is 0 Å². The van der Waals surface area contributed by atoms with Crippen molar-refractivity contribution < 1.29 is 8.42 Å². The van der Waals surface area contributed by atoms with Gasteiger partial charge in [-0.2, -0.15) is 4.31 Å². The molecule has 0 bridgehead atoms. The van der Waals surface area contributed by atoms with E-state index in [1.54, 1.807) is 13.1 Å². The van der Waals surface area contributed by atoms with Gasteiger partial charge in [-0.3, -0.25) is 0 Å². The number of aryl methyl sites for hydroxylation is 2. The molecule has 2 aromatic rings. The van der Waals surface area contributed by atoms with Crippen LogP contribution in [0.15, 0.2) is 39.0 Å². The quantitative estimate of drug-likeness (QED) is 0.813. The molecule has 0 aliphatic heterocycles. The molecule has 0 fully saturated rings. The molecule has 0 aliphatic carbocycles. The monoisotopic (exact) mass is 373 g/mol. The van der Waals surface area contributed by atoms with E-state index in [0.717, 1.165) is 19.8 Å². The first-order valence-electron chi connectivity index (χ1n) is 6.08. The van der Waals surface area contributed by atoms with Crippen LogP contribution in [0.1, 0.15) is 16.0 Å².